The predicted molar refractivity (Wildman–Crippen MR) is 185 cm³/mol. The van der Waals surface area contributed by atoms with Gasteiger partial charge in [0.15, 0.2) is 0 Å². The molecule has 0 spiro atoms. The summed E-state index contributed by atoms with van der Waals surface area (Å²) < 4.78 is 24.1. The minimum absolute atomic E-state index is 0. The Balaban J connectivity index is 0.000000204. The maximum atomic E-state index is 13.5. The Morgan fingerprint density at radius 2 is 1.68 bits per heavy atom. The molecular formula is C38H39FIrN2SSi-2. The molecule has 0 aliphatic rings. The van der Waals surface area contributed by atoms with Crippen molar-refractivity contribution in [2.45, 2.75) is 59.7 Å². The summed E-state index contributed by atoms with van der Waals surface area (Å²) in [4.78, 5) is 9.17. The van der Waals surface area contributed by atoms with E-state index in [1.807, 2.05) is 68.7 Å². The average molecular weight is 796 g/mol. The summed E-state index contributed by atoms with van der Waals surface area (Å²) in [5.41, 5.74) is 6.21. The van der Waals surface area contributed by atoms with Crippen LogP contribution < -0.4 is 5.19 Å². The third-order valence-electron chi connectivity index (χ3n) is 7.36. The molecule has 44 heavy (non-hydrogen) atoms. The van der Waals surface area contributed by atoms with Crippen LogP contribution in [0.1, 0.15) is 46.1 Å². The van der Waals surface area contributed by atoms with Crippen LogP contribution in [0.25, 0.3) is 42.7 Å². The molecule has 3 aromatic heterocycles. The van der Waals surface area contributed by atoms with Gasteiger partial charge in [-0.1, -0.05) is 82.0 Å². The van der Waals surface area contributed by atoms with E-state index in [0.717, 1.165) is 54.7 Å². The minimum Gasteiger partial charge on any atom is -0.305 e. The Kier molecular flexibility index (Phi) is 10.6. The molecule has 0 atom stereocenters. The third kappa shape index (κ3) is 7.78. The summed E-state index contributed by atoms with van der Waals surface area (Å²) >= 11 is 1.61. The summed E-state index contributed by atoms with van der Waals surface area (Å²) in [5.74, 6) is -0.203. The number of pyridine rings is 2. The standard InChI is InChI=1S/C21H17FNS.C17H22NSi.Ir/c1-13(2)10-14-8-9-23-19(11-14)18-5-3-4-17-16-7-6-15(22)12-20(16)24-21(17)18;1-13(2)15-11-16(14-9-7-6-8-10-14)18-12-17(15)19(3,4)5;/h3-4,6-9,11-13H,10H2,1-2H3;6-9,11-13H,1-5H3;/q2*-1;/i;13D;. The monoisotopic (exact) mass is 796 g/mol. The fraction of sp³-hybridized carbons (Fsp3) is 0.263. The summed E-state index contributed by atoms with van der Waals surface area (Å²) in [6.45, 7) is 15.2. The predicted octanol–water partition coefficient (Wildman–Crippen LogP) is 10.5. The van der Waals surface area contributed by atoms with Gasteiger partial charge in [0.2, 0.25) is 0 Å². The first-order valence-electron chi connectivity index (χ1n) is 15.3. The molecule has 6 aromatic rings. The second-order valence-electron chi connectivity index (χ2n) is 12.6. The van der Waals surface area contributed by atoms with E-state index in [0.29, 0.717) is 5.92 Å². The van der Waals surface area contributed by atoms with Gasteiger partial charge in [0.05, 0.1) is 8.07 Å². The number of fused-ring (bicyclic) bond motifs is 3. The molecule has 6 rings (SSSR count). The van der Waals surface area contributed by atoms with E-state index < -0.39 is 14.0 Å². The van der Waals surface area contributed by atoms with Crippen molar-refractivity contribution in [3.63, 3.8) is 0 Å². The van der Waals surface area contributed by atoms with Crippen LogP contribution in [0, 0.1) is 23.9 Å². The van der Waals surface area contributed by atoms with Crippen molar-refractivity contribution >= 4 is 44.8 Å². The van der Waals surface area contributed by atoms with Gasteiger partial charge in [-0.05, 0) is 63.1 Å². The van der Waals surface area contributed by atoms with Gasteiger partial charge in [-0.2, -0.15) is 11.3 Å². The average Bonchev–Trinajstić information content (AvgIpc) is 3.34. The Bertz CT molecular complexity index is 1910. The molecule has 3 heterocycles. The number of hydrogen-bond donors (Lipinski definition) is 0. The number of halogens is 1. The summed E-state index contributed by atoms with van der Waals surface area (Å²) in [6, 6.07) is 29.7. The van der Waals surface area contributed by atoms with Crippen molar-refractivity contribution in [3.8, 4) is 22.5 Å². The molecule has 0 saturated heterocycles. The van der Waals surface area contributed by atoms with Crippen molar-refractivity contribution in [2.24, 2.45) is 5.92 Å². The van der Waals surface area contributed by atoms with E-state index in [-0.39, 0.29) is 25.9 Å². The van der Waals surface area contributed by atoms with E-state index in [1.165, 1.54) is 16.8 Å². The van der Waals surface area contributed by atoms with Crippen molar-refractivity contribution in [3.05, 3.63) is 114 Å². The smallest absolute Gasteiger partial charge is 0.124 e. The molecule has 0 saturated carbocycles. The molecule has 229 valence electrons. The first-order chi connectivity index (χ1) is 20.8. The minimum atomic E-state index is -1.50. The molecule has 3 aromatic carbocycles. The van der Waals surface area contributed by atoms with Crippen molar-refractivity contribution < 1.29 is 25.9 Å². The Morgan fingerprint density at radius 3 is 2.36 bits per heavy atom. The largest absolute Gasteiger partial charge is 0.305 e. The van der Waals surface area contributed by atoms with E-state index >= 15 is 0 Å². The molecule has 0 N–H and O–H groups in total. The van der Waals surface area contributed by atoms with E-state index in [4.69, 9.17) is 1.37 Å². The Labute approximate surface area is 281 Å². The molecule has 0 aliphatic heterocycles. The first-order valence-corrected chi connectivity index (χ1v) is 19.1. The molecule has 0 amide bonds. The van der Waals surface area contributed by atoms with Crippen LogP contribution in [0.4, 0.5) is 4.39 Å². The Morgan fingerprint density at radius 1 is 0.886 bits per heavy atom. The zero-order chi connectivity index (χ0) is 31.6. The summed E-state index contributed by atoms with van der Waals surface area (Å²) in [6.07, 6.45) is 4.88. The normalized spacial score (nSPS) is 12.1. The van der Waals surface area contributed by atoms with Gasteiger partial charge < -0.3 is 9.97 Å². The maximum Gasteiger partial charge on any atom is 0.124 e. The van der Waals surface area contributed by atoms with Crippen LogP contribution >= 0.6 is 11.3 Å². The maximum absolute atomic E-state index is 13.5. The van der Waals surface area contributed by atoms with E-state index in [9.17, 15) is 4.39 Å². The van der Waals surface area contributed by atoms with Gasteiger partial charge in [-0.15, -0.1) is 59.7 Å². The van der Waals surface area contributed by atoms with Gasteiger partial charge in [0, 0.05) is 38.6 Å². The number of thiophene rings is 1. The van der Waals surface area contributed by atoms with Crippen LogP contribution in [0.5, 0.6) is 0 Å². The molecule has 0 unspecified atom stereocenters. The van der Waals surface area contributed by atoms with Crippen LogP contribution in [0.2, 0.25) is 19.6 Å². The van der Waals surface area contributed by atoms with Crippen LogP contribution in [0.3, 0.4) is 0 Å². The fourth-order valence-electron chi connectivity index (χ4n) is 5.28. The zero-order valence-corrected chi connectivity index (χ0v) is 30.6. The van der Waals surface area contributed by atoms with Crippen molar-refractivity contribution in [1.82, 2.24) is 9.97 Å². The molecule has 2 nitrogen and oxygen atoms in total. The SMILES string of the molecule is CC(C)Cc1ccnc(-c2[c-]ccc3c2sc2cc(F)ccc23)c1.[2H]C(C)(C)c1cc(-c2[c-]cccc2)ncc1[Si](C)(C)C.[Ir]. The summed E-state index contributed by atoms with van der Waals surface area (Å²) in [5, 5.41) is 3.50. The second-order valence-corrected chi connectivity index (χ2v) is 18.7. The number of hydrogen-bond acceptors (Lipinski definition) is 3. The number of rotatable bonds is 6. The van der Waals surface area contributed by atoms with Gasteiger partial charge in [-0.3, -0.25) is 0 Å². The molecule has 0 fully saturated rings. The van der Waals surface area contributed by atoms with E-state index in [1.54, 1.807) is 17.4 Å². The first kappa shape index (κ1) is 32.4. The molecule has 1 radical (unpaired) electrons. The number of nitrogens with zero attached hydrogens (tertiary/aromatic N) is 2. The van der Waals surface area contributed by atoms with Crippen LogP contribution in [0.15, 0.2) is 85.2 Å². The van der Waals surface area contributed by atoms with Gasteiger partial charge >= 0.3 is 0 Å². The van der Waals surface area contributed by atoms with Crippen LogP contribution in [-0.2, 0) is 26.5 Å². The van der Waals surface area contributed by atoms with Gasteiger partial charge in [0.1, 0.15) is 5.82 Å². The molecule has 6 heteroatoms. The Hall–Kier alpha value is -3.02. The molecule has 0 aliphatic carbocycles. The number of aromatic nitrogens is 2. The summed E-state index contributed by atoms with van der Waals surface area (Å²) in [7, 11) is -1.50. The van der Waals surface area contributed by atoms with Gasteiger partial charge in [0.25, 0.3) is 0 Å². The molecule has 0 bridgehead atoms. The number of benzene rings is 3. The van der Waals surface area contributed by atoms with Crippen molar-refractivity contribution in [1.29, 1.82) is 0 Å². The van der Waals surface area contributed by atoms with Gasteiger partial charge in [-0.25, -0.2) is 4.39 Å². The fourth-order valence-corrected chi connectivity index (χ4v) is 8.10. The van der Waals surface area contributed by atoms with E-state index in [2.05, 4.69) is 73.8 Å². The zero-order valence-electron chi connectivity index (χ0n) is 27.4. The molecular weight excluding hydrogens is 756 g/mol. The topological polar surface area (TPSA) is 25.8 Å². The van der Waals surface area contributed by atoms with Crippen molar-refractivity contribution in [2.75, 3.05) is 0 Å². The second kappa shape index (κ2) is 14.4. The third-order valence-corrected chi connectivity index (χ3v) is 10.6. The quantitative estimate of drug-likeness (QED) is 0.124. The van der Waals surface area contributed by atoms with Crippen LogP contribution in [-0.4, -0.2) is 18.0 Å².